The molecule has 7 nitrogen and oxygen atoms in total. The fourth-order valence-electron chi connectivity index (χ4n) is 2.03. The van der Waals surface area contributed by atoms with Crippen molar-refractivity contribution in [1.29, 1.82) is 0 Å². The molecule has 0 bridgehead atoms. The normalized spacial score (nSPS) is 10.4. The molecule has 0 aliphatic heterocycles. The van der Waals surface area contributed by atoms with Crippen molar-refractivity contribution in [1.82, 2.24) is 20.6 Å². The van der Waals surface area contributed by atoms with E-state index in [2.05, 4.69) is 20.6 Å². The van der Waals surface area contributed by atoms with E-state index >= 15 is 0 Å². The van der Waals surface area contributed by atoms with E-state index in [0.717, 1.165) is 11.4 Å². The summed E-state index contributed by atoms with van der Waals surface area (Å²) in [6, 6.07) is 10.8. The summed E-state index contributed by atoms with van der Waals surface area (Å²) in [5.41, 5.74) is 1.46. The van der Waals surface area contributed by atoms with E-state index < -0.39 is 6.10 Å². The third-order valence-electron chi connectivity index (χ3n) is 3.23. The van der Waals surface area contributed by atoms with Crippen LogP contribution in [0.4, 0.5) is 0 Å². The minimum atomic E-state index is -1.03. The van der Waals surface area contributed by atoms with E-state index in [1.165, 1.54) is 0 Å². The average molecular weight is 328 g/mol. The van der Waals surface area contributed by atoms with Gasteiger partial charge in [0.2, 0.25) is 11.8 Å². The van der Waals surface area contributed by atoms with Crippen molar-refractivity contribution in [3.63, 3.8) is 0 Å². The first kappa shape index (κ1) is 17.6. The van der Waals surface area contributed by atoms with Crippen molar-refractivity contribution >= 4 is 11.8 Å². The van der Waals surface area contributed by atoms with Crippen LogP contribution in [0.2, 0.25) is 0 Å². The number of hydrogen-bond acceptors (Lipinski definition) is 5. The van der Waals surface area contributed by atoms with Gasteiger partial charge in [0, 0.05) is 12.4 Å². The van der Waals surface area contributed by atoms with E-state index in [0.29, 0.717) is 0 Å². The number of amides is 2. The number of hydrogen-bond donors (Lipinski definition) is 3. The first-order valence-electron chi connectivity index (χ1n) is 7.65. The van der Waals surface area contributed by atoms with Gasteiger partial charge < -0.3 is 15.7 Å². The van der Waals surface area contributed by atoms with Crippen LogP contribution in [-0.4, -0.2) is 33.0 Å². The monoisotopic (exact) mass is 328 g/mol. The predicted octanol–water partition coefficient (Wildman–Crippen LogP) is 0.550. The minimum Gasteiger partial charge on any atom is -0.392 e. The molecule has 0 saturated heterocycles. The second kappa shape index (κ2) is 9.36. The van der Waals surface area contributed by atoms with Crippen LogP contribution in [0.15, 0.2) is 48.8 Å². The molecule has 0 saturated carbocycles. The molecule has 24 heavy (non-hydrogen) atoms. The SMILES string of the molecule is O=C(CC(O)CC(=O)NCc1ccccn1)NCc1ccccn1. The van der Waals surface area contributed by atoms with Crippen molar-refractivity contribution in [2.75, 3.05) is 0 Å². The Bertz CT molecular complexity index is 592. The standard InChI is InChI=1S/C17H20N4O3/c22-15(9-16(23)20-11-13-5-1-3-7-18-13)10-17(24)21-12-14-6-2-4-8-19-14/h1-8,15,22H,9-12H2,(H,20,23)(H,21,24). The third-order valence-corrected chi connectivity index (χ3v) is 3.23. The molecule has 0 aliphatic carbocycles. The van der Waals surface area contributed by atoms with Gasteiger partial charge in [0.1, 0.15) is 0 Å². The molecule has 0 atom stereocenters. The lowest BCUT2D eigenvalue weighted by atomic mass is 10.1. The Hall–Kier alpha value is -2.80. The lowest BCUT2D eigenvalue weighted by Crippen LogP contribution is -2.31. The zero-order valence-electron chi connectivity index (χ0n) is 13.2. The van der Waals surface area contributed by atoms with E-state index in [1.807, 2.05) is 12.1 Å². The maximum Gasteiger partial charge on any atom is 0.222 e. The summed E-state index contributed by atoms with van der Waals surface area (Å²) in [7, 11) is 0. The molecule has 0 aliphatic rings. The molecule has 2 aromatic heterocycles. The van der Waals surface area contributed by atoms with Crippen LogP contribution in [-0.2, 0) is 22.7 Å². The van der Waals surface area contributed by atoms with Crippen LogP contribution in [0.3, 0.4) is 0 Å². The summed E-state index contributed by atoms with van der Waals surface area (Å²) >= 11 is 0. The van der Waals surface area contributed by atoms with E-state index in [4.69, 9.17) is 0 Å². The van der Waals surface area contributed by atoms with Gasteiger partial charge in [0.15, 0.2) is 0 Å². The Kier molecular flexibility index (Phi) is 6.85. The summed E-state index contributed by atoms with van der Waals surface area (Å²) in [5, 5.41) is 15.1. The molecule has 3 N–H and O–H groups in total. The van der Waals surface area contributed by atoms with E-state index in [9.17, 15) is 14.7 Å². The van der Waals surface area contributed by atoms with Gasteiger partial charge in [-0.05, 0) is 24.3 Å². The average Bonchev–Trinajstić information content (AvgIpc) is 2.60. The van der Waals surface area contributed by atoms with Crippen LogP contribution in [0.25, 0.3) is 0 Å². The van der Waals surface area contributed by atoms with Crippen LogP contribution in [0.5, 0.6) is 0 Å². The molecular weight excluding hydrogens is 308 g/mol. The largest absolute Gasteiger partial charge is 0.392 e. The van der Waals surface area contributed by atoms with Gasteiger partial charge in [-0.25, -0.2) is 0 Å². The number of aliphatic hydroxyl groups is 1. The van der Waals surface area contributed by atoms with Gasteiger partial charge in [0.05, 0.1) is 43.4 Å². The summed E-state index contributed by atoms with van der Waals surface area (Å²) < 4.78 is 0. The lowest BCUT2D eigenvalue weighted by Gasteiger charge is -2.11. The van der Waals surface area contributed by atoms with Crippen molar-refractivity contribution in [3.05, 3.63) is 60.2 Å². The molecule has 126 valence electrons. The molecular formula is C17H20N4O3. The number of aromatic nitrogens is 2. The molecule has 0 aromatic carbocycles. The Morgan fingerprint density at radius 1 is 0.875 bits per heavy atom. The molecule has 0 fully saturated rings. The second-order valence-corrected chi connectivity index (χ2v) is 5.26. The molecule has 0 spiro atoms. The molecule has 0 radical (unpaired) electrons. The number of pyridine rings is 2. The summed E-state index contributed by atoms with van der Waals surface area (Å²) in [6.45, 7) is 0.580. The lowest BCUT2D eigenvalue weighted by molar-refractivity contribution is -0.126. The number of aliphatic hydroxyl groups excluding tert-OH is 1. The topological polar surface area (TPSA) is 104 Å². The van der Waals surface area contributed by atoms with E-state index in [-0.39, 0.29) is 37.7 Å². The quantitative estimate of drug-likeness (QED) is 0.656. The highest BCUT2D eigenvalue weighted by Gasteiger charge is 2.15. The van der Waals surface area contributed by atoms with Crippen LogP contribution >= 0.6 is 0 Å². The number of nitrogens with zero attached hydrogens (tertiary/aromatic N) is 2. The Labute approximate surface area is 140 Å². The second-order valence-electron chi connectivity index (χ2n) is 5.26. The Morgan fingerprint density at radius 3 is 1.71 bits per heavy atom. The predicted molar refractivity (Wildman–Crippen MR) is 87.4 cm³/mol. The van der Waals surface area contributed by atoms with Gasteiger partial charge in [-0.15, -0.1) is 0 Å². The first-order chi connectivity index (χ1) is 11.6. The van der Waals surface area contributed by atoms with Gasteiger partial charge >= 0.3 is 0 Å². The maximum absolute atomic E-state index is 11.7. The number of rotatable bonds is 8. The number of carbonyl (C=O) groups is 2. The molecule has 2 aromatic rings. The summed E-state index contributed by atoms with van der Waals surface area (Å²) in [5.74, 6) is -0.656. The number of carbonyl (C=O) groups excluding carboxylic acids is 2. The molecule has 2 amide bonds. The highest BCUT2D eigenvalue weighted by atomic mass is 16.3. The van der Waals surface area contributed by atoms with Crippen LogP contribution in [0.1, 0.15) is 24.2 Å². The van der Waals surface area contributed by atoms with Crippen LogP contribution < -0.4 is 10.6 Å². The van der Waals surface area contributed by atoms with Crippen LogP contribution in [0, 0.1) is 0 Å². The Morgan fingerprint density at radius 2 is 1.33 bits per heavy atom. The van der Waals surface area contributed by atoms with Crippen molar-refractivity contribution < 1.29 is 14.7 Å². The smallest absolute Gasteiger partial charge is 0.222 e. The third kappa shape index (κ3) is 6.53. The summed E-state index contributed by atoms with van der Waals surface area (Å²) in [6.07, 6.45) is 1.98. The van der Waals surface area contributed by atoms with Gasteiger partial charge in [0.25, 0.3) is 0 Å². The fraction of sp³-hybridized carbons (Fsp3) is 0.294. The summed E-state index contributed by atoms with van der Waals surface area (Å²) in [4.78, 5) is 31.7. The zero-order chi connectivity index (χ0) is 17.2. The van der Waals surface area contributed by atoms with Gasteiger partial charge in [-0.2, -0.15) is 0 Å². The Balaban J connectivity index is 1.65. The molecule has 0 unspecified atom stereocenters. The van der Waals surface area contributed by atoms with Crippen molar-refractivity contribution in [2.45, 2.75) is 32.0 Å². The molecule has 2 heterocycles. The first-order valence-corrected chi connectivity index (χ1v) is 7.65. The maximum atomic E-state index is 11.7. The van der Waals surface area contributed by atoms with Gasteiger partial charge in [-0.1, -0.05) is 12.1 Å². The van der Waals surface area contributed by atoms with Gasteiger partial charge in [-0.3, -0.25) is 19.6 Å². The minimum absolute atomic E-state index is 0.135. The van der Waals surface area contributed by atoms with Crippen molar-refractivity contribution in [2.24, 2.45) is 0 Å². The van der Waals surface area contributed by atoms with Crippen molar-refractivity contribution in [3.8, 4) is 0 Å². The molecule has 2 rings (SSSR count). The highest BCUT2D eigenvalue weighted by molar-refractivity contribution is 5.79. The highest BCUT2D eigenvalue weighted by Crippen LogP contribution is 2.00. The zero-order valence-corrected chi connectivity index (χ0v) is 13.2. The molecule has 7 heteroatoms. The number of nitrogens with one attached hydrogen (secondary N) is 2. The van der Waals surface area contributed by atoms with E-state index in [1.54, 1.807) is 36.7 Å². The fourth-order valence-corrected chi connectivity index (χ4v) is 2.03.